The van der Waals surface area contributed by atoms with Crippen molar-refractivity contribution in [3.63, 3.8) is 0 Å². The number of ketones is 1. The molecule has 0 aromatic heterocycles. The van der Waals surface area contributed by atoms with Crippen molar-refractivity contribution in [2.75, 3.05) is 0 Å². The predicted octanol–water partition coefficient (Wildman–Crippen LogP) is -0.533. The number of nitrogens with one attached hydrogen (secondary N) is 1. The summed E-state index contributed by atoms with van der Waals surface area (Å²) in [5.41, 5.74) is 0. The standard InChI is InChI=1S/C7H7NO2/c1-2-3-5-6(9)4-7(10)8-5/h1,5H,3-4H2,(H,8,10). The summed E-state index contributed by atoms with van der Waals surface area (Å²) in [6, 6.07) is -0.419. The second-order valence-electron chi connectivity index (χ2n) is 2.17. The number of carbonyl (C=O) groups excluding carboxylic acids is 2. The SMILES string of the molecule is C#CCC1NC(=O)CC1=O. The van der Waals surface area contributed by atoms with Crippen LogP contribution in [0.15, 0.2) is 0 Å². The third-order valence-electron chi connectivity index (χ3n) is 1.38. The molecular formula is C7H7NO2. The minimum absolute atomic E-state index is 0.00759. The van der Waals surface area contributed by atoms with Crippen LogP contribution in [0, 0.1) is 12.3 Å². The van der Waals surface area contributed by atoms with E-state index < -0.39 is 6.04 Å². The minimum atomic E-state index is -0.419. The van der Waals surface area contributed by atoms with Gasteiger partial charge in [-0.2, -0.15) is 0 Å². The van der Waals surface area contributed by atoms with E-state index in [0.29, 0.717) is 6.42 Å². The fourth-order valence-electron chi connectivity index (χ4n) is 0.890. The summed E-state index contributed by atoms with van der Waals surface area (Å²) in [5, 5.41) is 2.47. The summed E-state index contributed by atoms with van der Waals surface area (Å²) in [6.45, 7) is 0. The van der Waals surface area contributed by atoms with Crippen LogP contribution >= 0.6 is 0 Å². The monoisotopic (exact) mass is 137 g/mol. The molecule has 3 nitrogen and oxygen atoms in total. The molecule has 0 aromatic rings. The van der Waals surface area contributed by atoms with Crippen LogP contribution in [0.5, 0.6) is 0 Å². The molecule has 1 rings (SSSR count). The van der Waals surface area contributed by atoms with Gasteiger partial charge in [0.25, 0.3) is 0 Å². The fourth-order valence-corrected chi connectivity index (χ4v) is 0.890. The van der Waals surface area contributed by atoms with Gasteiger partial charge in [-0.05, 0) is 0 Å². The van der Waals surface area contributed by atoms with Gasteiger partial charge in [0.15, 0.2) is 5.78 Å². The Morgan fingerprint density at radius 2 is 2.40 bits per heavy atom. The zero-order valence-corrected chi connectivity index (χ0v) is 5.39. The van der Waals surface area contributed by atoms with Crippen molar-refractivity contribution >= 4 is 11.7 Å². The van der Waals surface area contributed by atoms with Crippen LogP contribution in [0.4, 0.5) is 0 Å². The molecule has 1 atom stereocenters. The van der Waals surface area contributed by atoms with E-state index in [2.05, 4.69) is 11.2 Å². The molecule has 1 aliphatic heterocycles. The van der Waals surface area contributed by atoms with Crippen LogP contribution in [-0.2, 0) is 9.59 Å². The molecule has 3 heteroatoms. The van der Waals surface area contributed by atoms with Crippen molar-refractivity contribution in [1.82, 2.24) is 5.32 Å². The normalized spacial score (nSPS) is 24.1. The summed E-state index contributed by atoms with van der Waals surface area (Å²) in [4.78, 5) is 21.3. The van der Waals surface area contributed by atoms with Gasteiger partial charge >= 0.3 is 0 Å². The molecule has 0 radical (unpaired) electrons. The van der Waals surface area contributed by atoms with Crippen LogP contribution in [0.25, 0.3) is 0 Å². The Morgan fingerprint density at radius 3 is 2.80 bits per heavy atom. The van der Waals surface area contributed by atoms with Crippen LogP contribution in [0.2, 0.25) is 0 Å². The van der Waals surface area contributed by atoms with Gasteiger partial charge in [-0.3, -0.25) is 9.59 Å². The molecule has 0 aliphatic carbocycles. The number of hydrogen-bond donors (Lipinski definition) is 1. The highest BCUT2D eigenvalue weighted by molar-refractivity contribution is 6.07. The first kappa shape index (κ1) is 6.81. The number of Topliss-reactive ketones (excluding diaryl/α,β-unsaturated/α-hetero) is 1. The van der Waals surface area contributed by atoms with Crippen molar-refractivity contribution in [2.24, 2.45) is 0 Å². The lowest BCUT2D eigenvalue weighted by molar-refractivity contribution is -0.122. The lowest BCUT2D eigenvalue weighted by atomic mass is 10.1. The highest BCUT2D eigenvalue weighted by Gasteiger charge is 2.28. The topological polar surface area (TPSA) is 46.2 Å². The van der Waals surface area contributed by atoms with Crippen LogP contribution in [0.1, 0.15) is 12.8 Å². The lowest BCUT2D eigenvalue weighted by Gasteiger charge is -2.00. The van der Waals surface area contributed by atoms with Gasteiger partial charge in [0, 0.05) is 6.42 Å². The molecule has 1 aliphatic rings. The van der Waals surface area contributed by atoms with Crippen LogP contribution in [-0.4, -0.2) is 17.7 Å². The second kappa shape index (κ2) is 2.53. The largest absolute Gasteiger partial charge is 0.345 e. The van der Waals surface area contributed by atoms with Gasteiger partial charge in [-0.15, -0.1) is 12.3 Å². The molecule has 0 spiro atoms. The smallest absolute Gasteiger partial charge is 0.228 e. The second-order valence-corrected chi connectivity index (χ2v) is 2.17. The maximum atomic E-state index is 10.8. The van der Waals surface area contributed by atoms with Crippen LogP contribution in [0.3, 0.4) is 0 Å². The Bertz CT molecular complexity index is 214. The Balaban J connectivity index is 2.56. The average Bonchev–Trinajstić information content (AvgIpc) is 2.13. The molecule has 0 bridgehead atoms. The van der Waals surface area contributed by atoms with E-state index in [1.54, 1.807) is 0 Å². The fraction of sp³-hybridized carbons (Fsp3) is 0.429. The molecule has 1 heterocycles. The van der Waals surface area contributed by atoms with Gasteiger partial charge < -0.3 is 5.32 Å². The van der Waals surface area contributed by atoms with E-state index in [0.717, 1.165) is 0 Å². The zero-order chi connectivity index (χ0) is 7.56. The summed E-state index contributed by atoms with van der Waals surface area (Å²) >= 11 is 0. The Hall–Kier alpha value is -1.30. The third kappa shape index (κ3) is 1.16. The predicted molar refractivity (Wildman–Crippen MR) is 35.0 cm³/mol. The molecule has 0 saturated carbocycles. The Kier molecular flexibility index (Phi) is 1.72. The summed E-state index contributed by atoms with van der Waals surface area (Å²) in [6.07, 6.45) is 5.26. The number of rotatable bonds is 1. The zero-order valence-electron chi connectivity index (χ0n) is 5.39. The molecule has 1 N–H and O–H groups in total. The van der Waals surface area contributed by atoms with E-state index in [4.69, 9.17) is 6.42 Å². The number of amides is 1. The highest BCUT2D eigenvalue weighted by Crippen LogP contribution is 2.04. The molecule has 1 amide bonds. The van der Waals surface area contributed by atoms with Gasteiger partial charge in [-0.25, -0.2) is 0 Å². The van der Waals surface area contributed by atoms with Crippen molar-refractivity contribution in [1.29, 1.82) is 0 Å². The van der Waals surface area contributed by atoms with E-state index in [9.17, 15) is 9.59 Å². The van der Waals surface area contributed by atoms with Crippen LogP contribution < -0.4 is 5.32 Å². The molecule has 52 valence electrons. The third-order valence-corrected chi connectivity index (χ3v) is 1.38. The number of terminal acetylenes is 1. The van der Waals surface area contributed by atoms with Gasteiger partial charge in [-0.1, -0.05) is 0 Å². The van der Waals surface area contributed by atoms with E-state index in [1.807, 2.05) is 0 Å². The summed E-state index contributed by atoms with van der Waals surface area (Å²) in [5.74, 6) is 2.01. The number of carbonyl (C=O) groups is 2. The van der Waals surface area contributed by atoms with E-state index >= 15 is 0 Å². The summed E-state index contributed by atoms with van der Waals surface area (Å²) in [7, 11) is 0. The highest BCUT2D eigenvalue weighted by atomic mass is 16.2. The van der Waals surface area contributed by atoms with Crippen molar-refractivity contribution in [3.05, 3.63) is 0 Å². The van der Waals surface area contributed by atoms with Crippen molar-refractivity contribution in [3.8, 4) is 12.3 Å². The van der Waals surface area contributed by atoms with Gasteiger partial charge in [0.1, 0.15) is 0 Å². The maximum absolute atomic E-state index is 10.8. The van der Waals surface area contributed by atoms with E-state index in [1.165, 1.54) is 0 Å². The first-order chi connectivity index (χ1) is 4.74. The first-order valence-electron chi connectivity index (χ1n) is 2.99. The molecule has 10 heavy (non-hydrogen) atoms. The molecule has 1 saturated heterocycles. The Morgan fingerprint density at radius 1 is 1.70 bits per heavy atom. The Labute approximate surface area is 58.8 Å². The minimum Gasteiger partial charge on any atom is -0.345 e. The van der Waals surface area contributed by atoms with Gasteiger partial charge in [0.2, 0.25) is 5.91 Å². The van der Waals surface area contributed by atoms with Crippen molar-refractivity contribution < 1.29 is 9.59 Å². The first-order valence-corrected chi connectivity index (χ1v) is 2.99. The average molecular weight is 137 g/mol. The molecule has 1 unspecified atom stereocenters. The summed E-state index contributed by atoms with van der Waals surface area (Å²) < 4.78 is 0. The number of hydrogen-bond acceptors (Lipinski definition) is 2. The van der Waals surface area contributed by atoms with E-state index in [-0.39, 0.29) is 18.1 Å². The molecule has 1 fully saturated rings. The quantitative estimate of drug-likeness (QED) is 0.390. The lowest BCUT2D eigenvalue weighted by Crippen LogP contribution is -2.28. The maximum Gasteiger partial charge on any atom is 0.228 e. The molecule has 0 aromatic carbocycles. The van der Waals surface area contributed by atoms with Crippen molar-refractivity contribution in [2.45, 2.75) is 18.9 Å². The van der Waals surface area contributed by atoms with Gasteiger partial charge in [0.05, 0.1) is 12.5 Å². The molecular weight excluding hydrogens is 130 g/mol.